The molecule has 2 aromatic carbocycles. The molecule has 0 spiro atoms. The fraction of sp³-hybridized carbons (Fsp3) is 0.316. The Balaban J connectivity index is 2.55. The Labute approximate surface area is 156 Å². The van der Waals surface area contributed by atoms with Crippen molar-refractivity contribution in [3.8, 4) is 0 Å². The van der Waals surface area contributed by atoms with Crippen molar-refractivity contribution in [2.75, 3.05) is 4.72 Å². The first-order chi connectivity index (χ1) is 12.2. The van der Waals surface area contributed by atoms with Gasteiger partial charge in [0, 0.05) is 0 Å². The van der Waals surface area contributed by atoms with Gasteiger partial charge in [-0.1, -0.05) is 44.5 Å². The van der Waals surface area contributed by atoms with Crippen LogP contribution in [0.25, 0.3) is 0 Å². The summed E-state index contributed by atoms with van der Waals surface area (Å²) in [5, 5.41) is 0. The zero-order valence-corrected chi connectivity index (χ0v) is 16.1. The number of alkyl halides is 3. The minimum atomic E-state index is -5.12. The lowest BCUT2D eigenvalue weighted by Gasteiger charge is -2.22. The predicted molar refractivity (Wildman–Crippen MR) is 97.5 cm³/mol. The van der Waals surface area contributed by atoms with Crippen LogP contribution in [0.15, 0.2) is 47.4 Å². The first-order valence-corrected chi connectivity index (χ1v) is 9.56. The summed E-state index contributed by atoms with van der Waals surface area (Å²) in [4.78, 5) is 11.8. The van der Waals surface area contributed by atoms with E-state index in [-0.39, 0.29) is 4.90 Å². The summed E-state index contributed by atoms with van der Waals surface area (Å²) in [6.07, 6.45) is -5.12. The van der Waals surface area contributed by atoms with E-state index >= 15 is 0 Å². The number of ketones is 1. The molecule has 1 N–H and O–H groups in total. The van der Waals surface area contributed by atoms with E-state index in [4.69, 9.17) is 0 Å². The van der Waals surface area contributed by atoms with Crippen molar-refractivity contribution in [2.24, 2.45) is 0 Å². The van der Waals surface area contributed by atoms with Crippen LogP contribution in [0.4, 0.5) is 18.9 Å². The van der Waals surface area contributed by atoms with Gasteiger partial charge in [0.1, 0.15) is 0 Å². The minimum absolute atomic E-state index is 0.113. The second-order valence-corrected chi connectivity index (χ2v) is 8.94. The van der Waals surface area contributed by atoms with Crippen molar-refractivity contribution in [2.45, 2.75) is 44.2 Å². The van der Waals surface area contributed by atoms with Gasteiger partial charge in [0.05, 0.1) is 16.1 Å². The summed E-state index contributed by atoms with van der Waals surface area (Å²) in [6, 6.07) is 9.59. The Hall–Kier alpha value is -2.35. The first kappa shape index (κ1) is 21.0. The number of Topliss-reactive ketones (excluding diaryl/α,β-unsaturated/α-hetero) is 1. The monoisotopic (exact) mass is 399 g/mol. The lowest BCUT2D eigenvalue weighted by atomic mass is 9.85. The number of carbonyl (C=O) groups is 1. The summed E-state index contributed by atoms with van der Waals surface area (Å²) in [5.41, 5.74) is -0.351. The van der Waals surface area contributed by atoms with E-state index in [1.54, 1.807) is 39.8 Å². The molecule has 0 fully saturated rings. The molecule has 0 atom stereocenters. The zero-order chi connectivity index (χ0) is 20.6. The fourth-order valence-electron chi connectivity index (χ4n) is 2.36. The van der Waals surface area contributed by atoms with Crippen molar-refractivity contribution in [3.05, 3.63) is 59.2 Å². The molecule has 4 nitrogen and oxygen atoms in total. The molecule has 0 unspecified atom stereocenters. The Kier molecular flexibility index (Phi) is 5.43. The molecule has 146 valence electrons. The number of carbonyl (C=O) groups excluding carboxylic acids is 1. The Bertz CT molecular complexity index is 957. The van der Waals surface area contributed by atoms with Crippen molar-refractivity contribution >= 4 is 21.5 Å². The van der Waals surface area contributed by atoms with E-state index in [1.165, 1.54) is 24.3 Å². The standard InChI is InChI=1S/C19H20F3NO3S/c1-12-5-8-14(9-6-12)27(25,26)23-16-10-7-13(18(2,3)4)11-15(16)17(24)19(20,21)22/h5-11,23H,1-4H3. The van der Waals surface area contributed by atoms with Gasteiger partial charge >= 0.3 is 6.18 Å². The van der Waals surface area contributed by atoms with Crippen LogP contribution in [0.1, 0.15) is 42.3 Å². The van der Waals surface area contributed by atoms with Crippen LogP contribution in [-0.4, -0.2) is 20.4 Å². The molecule has 0 heterocycles. The number of aryl methyl sites for hydroxylation is 1. The molecule has 0 radical (unpaired) electrons. The average Bonchev–Trinajstić information content (AvgIpc) is 2.52. The molecule has 0 amide bonds. The molecule has 0 saturated heterocycles. The Morgan fingerprint density at radius 2 is 1.52 bits per heavy atom. The summed E-state index contributed by atoms with van der Waals surface area (Å²) < 4.78 is 66.2. The molecular formula is C19H20F3NO3S. The van der Waals surface area contributed by atoms with E-state index in [0.29, 0.717) is 5.56 Å². The number of sulfonamides is 1. The molecule has 8 heteroatoms. The predicted octanol–water partition coefficient (Wildman–Crippen LogP) is 4.84. The number of halogens is 3. The van der Waals surface area contributed by atoms with Crippen LogP contribution < -0.4 is 4.72 Å². The van der Waals surface area contributed by atoms with Crippen LogP contribution >= 0.6 is 0 Å². The summed E-state index contributed by atoms with van der Waals surface area (Å²) in [5.74, 6) is -2.10. The molecular weight excluding hydrogens is 379 g/mol. The highest BCUT2D eigenvalue weighted by atomic mass is 32.2. The van der Waals surface area contributed by atoms with Crippen LogP contribution in [0.2, 0.25) is 0 Å². The lowest BCUT2D eigenvalue weighted by Crippen LogP contribution is -2.26. The van der Waals surface area contributed by atoms with E-state index in [0.717, 1.165) is 11.6 Å². The highest BCUT2D eigenvalue weighted by Crippen LogP contribution is 2.32. The Morgan fingerprint density at radius 1 is 0.963 bits per heavy atom. The molecule has 2 aromatic rings. The van der Waals surface area contributed by atoms with E-state index in [2.05, 4.69) is 4.72 Å². The van der Waals surface area contributed by atoms with Crippen molar-refractivity contribution < 1.29 is 26.4 Å². The Morgan fingerprint density at radius 3 is 2.00 bits per heavy atom. The topological polar surface area (TPSA) is 63.2 Å². The zero-order valence-electron chi connectivity index (χ0n) is 15.3. The van der Waals surface area contributed by atoms with Gasteiger partial charge in [-0.3, -0.25) is 9.52 Å². The number of benzene rings is 2. The number of hydrogen-bond acceptors (Lipinski definition) is 3. The number of rotatable bonds is 4. The fourth-order valence-corrected chi connectivity index (χ4v) is 3.44. The number of hydrogen-bond donors (Lipinski definition) is 1. The molecule has 0 aliphatic rings. The van der Waals surface area contributed by atoms with Crippen LogP contribution in [-0.2, 0) is 15.4 Å². The van der Waals surface area contributed by atoms with E-state index in [1.807, 2.05) is 0 Å². The minimum Gasteiger partial charge on any atom is -0.284 e. The summed E-state index contributed by atoms with van der Waals surface area (Å²) in [6.45, 7) is 7.11. The van der Waals surface area contributed by atoms with Gasteiger partial charge in [-0.2, -0.15) is 13.2 Å². The molecule has 0 aliphatic carbocycles. The molecule has 27 heavy (non-hydrogen) atoms. The van der Waals surface area contributed by atoms with Crippen LogP contribution in [0, 0.1) is 6.92 Å². The van der Waals surface area contributed by atoms with Gasteiger partial charge in [0.25, 0.3) is 15.8 Å². The number of nitrogens with one attached hydrogen (secondary N) is 1. The van der Waals surface area contributed by atoms with E-state index < -0.39 is 38.6 Å². The van der Waals surface area contributed by atoms with Gasteiger partial charge in [0.2, 0.25) is 0 Å². The second kappa shape index (κ2) is 6.99. The van der Waals surface area contributed by atoms with Crippen molar-refractivity contribution in [1.29, 1.82) is 0 Å². The number of anilines is 1. The van der Waals surface area contributed by atoms with Gasteiger partial charge in [0.15, 0.2) is 0 Å². The highest BCUT2D eigenvalue weighted by Gasteiger charge is 2.41. The van der Waals surface area contributed by atoms with Gasteiger partial charge < -0.3 is 0 Å². The molecule has 0 aromatic heterocycles. The average molecular weight is 399 g/mol. The SMILES string of the molecule is Cc1ccc(S(=O)(=O)Nc2ccc(C(C)(C)C)cc2C(=O)C(F)(F)F)cc1. The lowest BCUT2D eigenvalue weighted by molar-refractivity contribution is -0.0884. The third kappa shape index (κ3) is 4.88. The first-order valence-electron chi connectivity index (χ1n) is 8.07. The maximum Gasteiger partial charge on any atom is 0.454 e. The molecule has 2 rings (SSSR count). The van der Waals surface area contributed by atoms with Gasteiger partial charge in [-0.05, 0) is 42.2 Å². The summed E-state index contributed by atoms with van der Waals surface area (Å²) in [7, 11) is -4.15. The molecule has 0 saturated carbocycles. The largest absolute Gasteiger partial charge is 0.454 e. The summed E-state index contributed by atoms with van der Waals surface area (Å²) >= 11 is 0. The van der Waals surface area contributed by atoms with Crippen molar-refractivity contribution in [1.82, 2.24) is 0 Å². The maximum atomic E-state index is 13.0. The quantitative estimate of drug-likeness (QED) is 0.749. The molecule has 0 bridgehead atoms. The van der Waals surface area contributed by atoms with E-state index in [9.17, 15) is 26.4 Å². The normalized spacial score (nSPS) is 12.7. The smallest absolute Gasteiger partial charge is 0.284 e. The van der Waals surface area contributed by atoms with Gasteiger partial charge in [-0.15, -0.1) is 0 Å². The highest BCUT2D eigenvalue weighted by molar-refractivity contribution is 7.92. The van der Waals surface area contributed by atoms with Crippen LogP contribution in [0.5, 0.6) is 0 Å². The second-order valence-electron chi connectivity index (χ2n) is 7.26. The van der Waals surface area contributed by atoms with Crippen LogP contribution in [0.3, 0.4) is 0 Å². The molecule has 0 aliphatic heterocycles. The third-order valence-electron chi connectivity index (χ3n) is 3.96. The van der Waals surface area contributed by atoms with Gasteiger partial charge in [-0.25, -0.2) is 8.42 Å². The van der Waals surface area contributed by atoms with Crippen molar-refractivity contribution in [3.63, 3.8) is 0 Å². The maximum absolute atomic E-state index is 13.0. The third-order valence-corrected chi connectivity index (χ3v) is 5.34.